The van der Waals surface area contributed by atoms with Gasteiger partial charge in [-0.3, -0.25) is 10.1 Å². The first-order valence-electron chi connectivity index (χ1n) is 6.03. The minimum absolute atomic E-state index is 0.0303. The van der Waals surface area contributed by atoms with Crippen LogP contribution in [0.3, 0.4) is 0 Å². The van der Waals surface area contributed by atoms with Gasteiger partial charge < -0.3 is 10.0 Å². The lowest BCUT2D eigenvalue weighted by Gasteiger charge is -2.34. The number of non-ortho nitro benzene ring substituents is 1. The van der Waals surface area contributed by atoms with Gasteiger partial charge in [0.05, 0.1) is 11.5 Å². The first kappa shape index (κ1) is 14.5. The largest absolute Gasteiger partial charge is 0.369 e. The van der Waals surface area contributed by atoms with Gasteiger partial charge in [0, 0.05) is 27.5 Å². The van der Waals surface area contributed by atoms with Crippen molar-refractivity contribution in [3.8, 4) is 0 Å². The minimum Gasteiger partial charge on any atom is -0.369 e. The summed E-state index contributed by atoms with van der Waals surface area (Å²) in [5.74, 6) is 0. The van der Waals surface area contributed by atoms with Crippen LogP contribution >= 0.6 is 35.3 Å². The lowest BCUT2D eigenvalue weighted by atomic mass is 10.1. The quantitative estimate of drug-likeness (QED) is 0.524. The summed E-state index contributed by atoms with van der Waals surface area (Å²) in [7, 11) is 0. The van der Waals surface area contributed by atoms with E-state index in [1.165, 1.54) is 23.9 Å². The number of nitro benzene ring substituents is 1. The summed E-state index contributed by atoms with van der Waals surface area (Å²) < 4.78 is 0.567. The highest BCUT2D eigenvalue weighted by Crippen LogP contribution is 2.40. The van der Waals surface area contributed by atoms with Gasteiger partial charge in [-0.2, -0.15) is 0 Å². The number of hydrogen-bond acceptors (Lipinski definition) is 6. The molecule has 1 aliphatic heterocycles. The molecule has 1 N–H and O–H groups in total. The fourth-order valence-corrected chi connectivity index (χ4v) is 4.11. The summed E-state index contributed by atoms with van der Waals surface area (Å²) in [6, 6.07) is 8.38. The maximum Gasteiger partial charge on any atom is 0.269 e. The van der Waals surface area contributed by atoms with Crippen molar-refractivity contribution in [1.82, 2.24) is 4.90 Å². The summed E-state index contributed by atoms with van der Waals surface area (Å²) in [4.78, 5) is 13.9. The zero-order valence-electron chi connectivity index (χ0n) is 10.6. The Morgan fingerprint density at radius 2 is 2.24 bits per heavy atom. The molecule has 0 aliphatic carbocycles. The number of rotatable bonds is 3. The maximum atomic E-state index is 10.9. The molecule has 1 aliphatic rings. The summed E-state index contributed by atoms with van der Waals surface area (Å²) in [6.45, 7) is 0.493. The maximum absolute atomic E-state index is 10.9. The zero-order valence-corrected chi connectivity index (χ0v) is 13.1. The molecular formula is C13H10N2O3S3. The van der Waals surface area contributed by atoms with E-state index in [-0.39, 0.29) is 5.69 Å². The number of benzene rings is 1. The van der Waals surface area contributed by atoms with Gasteiger partial charge in [0.1, 0.15) is 4.32 Å². The summed E-state index contributed by atoms with van der Waals surface area (Å²) >= 11 is 8.26. The van der Waals surface area contributed by atoms with Gasteiger partial charge in [0.15, 0.2) is 6.23 Å². The second-order valence-electron chi connectivity index (χ2n) is 4.43. The predicted octanol–water partition coefficient (Wildman–Crippen LogP) is 3.54. The van der Waals surface area contributed by atoms with Crippen molar-refractivity contribution in [3.63, 3.8) is 0 Å². The highest BCUT2D eigenvalue weighted by molar-refractivity contribution is 8.23. The van der Waals surface area contributed by atoms with E-state index in [4.69, 9.17) is 12.2 Å². The van der Waals surface area contributed by atoms with Crippen LogP contribution in [0.5, 0.6) is 0 Å². The highest BCUT2D eigenvalue weighted by atomic mass is 32.2. The molecule has 0 saturated heterocycles. The molecule has 3 rings (SSSR count). The number of hydrogen-bond donors (Lipinski definition) is 1. The molecule has 0 amide bonds. The Labute approximate surface area is 134 Å². The average Bonchev–Trinajstić information content (AvgIpc) is 2.96. The van der Waals surface area contributed by atoms with Gasteiger partial charge in [0.25, 0.3) is 5.69 Å². The number of nitro groups is 1. The van der Waals surface area contributed by atoms with Gasteiger partial charge in [-0.15, -0.1) is 11.3 Å². The molecule has 2 aromatic rings. The van der Waals surface area contributed by atoms with Crippen LogP contribution in [-0.2, 0) is 6.54 Å². The van der Waals surface area contributed by atoms with Gasteiger partial charge >= 0.3 is 0 Å². The van der Waals surface area contributed by atoms with E-state index >= 15 is 0 Å². The lowest BCUT2D eigenvalue weighted by molar-refractivity contribution is -0.385. The van der Waals surface area contributed by atoms with Gasteiger partial charge in [-0.25, -0.2) is 0 Å². The van der Waals surface area contributed by atoms with E-state index in [1.807, 2.05) is 17.5 Å². The van der Waals surface area contributed by atoms with Crippen LogP contribution in [-0.4, -0.2) is 19.3 Å². The van der Waals surface area contributed by atoms with Crippen molar-refractivity contribution < 1.29 is 10.0 Å². The number of thioether (sulfide) groups is 1. The number of fused-ring (bicyclic) bond motifs is 1. The van der Waals surface area contributed by atoms with Crippen molar-refractivity contribution in [3.05, 3.63) is 56.3 Å². The van der Waals surface area contributed by atoms with Gasteiger partial charge in [-0.1, -0.05) is 30.0 Å². The standard InChI is InChI=1S/C13H10N2O3S3/c16-12-10-6-8(15(17)18)3-4-11(10)21-13(19)14(12)7-9-2-1-5-20-9/h1-6,12,16H,7H2. The van der Waals surface area contributed by atoms with E-state index in [2.05, 4.69) is 0 Å². The fraction of sp³-hybridized carbons (Fsp3) is 0.154. The van der Waals surface area contributed by atoms with Gasteiger partial charge in [0.2, 0.25) is 0 Å². The fourth-order valence-electron chi connectivity index (χ4n) is 2.09. The molecule has 1 atom stereocenters. The van der Waals surface area contributed by atoms with Crippen LogP contribution in [0.25, 0.3) is 0 Å². The number of nitrogens with zero attached hydrogens (tertiary/aromatic N) is 2. The predicted molar refractivity (Wildman–Crippen MR) is 86.4 cm³/mol. The molecule has 1 unspecified atom stereocenters. The Morgan fingerprint density at radius 3 is 2.90 bits per heavy atom. The van der Waals surface area contributed by atoms with E-state index in [1.54, 1.807) is 22.3 Å². The van der Waals surface area contributed by atoms with Crippen LogP contribution < -0.4 is 0 Å². The molecule has 5 nitrogen and oxygen atoms in total. The number of thiophene rings is 1. The van der Waals surface area contributed by atoms with Crippen LogP contribution in [0.1, 0.15) is 16.7 Å². The number of aliphatic hydroxyl groups is 1. The third-order valence-corrected chi connectivity index (χ3v) is 5.46. The molecule has 0 bridgehead atoms. The third-order valence-electron chi connectivity index (χ3n) is 3.12. The second kappa shape index (κ2) is 5.72. The lowest BCUT2D eigenvalue weighted by Crippen LogP contribution is -2.34. The molecular weight excluding hydrogens is 328 g/mol. The molecule has 21 heavy (non-hydrogen) atoms. The van der Waals surface area contributed by atoms with Crippen molar-refractivity contribution in [1.29, 1.82) is 0 Å². The minimum atomic E-state index is -0.962. The van der Waals surface area contributed by atoms with Crippen molar-refractivity contribution >= 4 is 45.3 Å². The third kappa shape index (κ3) is 2.80. The Bertz CT molecular complexity index is 703. The number of aliphatic hydroxyl groups excluding tert-OH is 1. The normalized spacial score (nSPS) is 17.7. The highest BCUT2D eigenvalue weighted by Gasteiger charge is 2.31. The second-order valence-corrected chi connectivity index (χ2v) is 7.14. The molecule has 0 radical (unpaired) electrons. The molecule has 1 aromatic carbocycles. The molecule has 8 heteroatoms. The Kier molecular flexibility index (Phi) is 3.94. The molecule has 0 spiro atoms. The smallest absolute Gasteiger partial charge is 0.269 e. The first-order chi connectivity index (χ1) is 10.1. The van der Waals surface area contributed by atoms with E-state index in [9.17, 15) is 15.2 Å². The number of thiocarbonyl (C=S) groups is 1. The van der Waals surface area contributed by atoms with Crippen molar-refractivity contribution in [2.75, 3.05) is 0 Å². The van der Waals surface area contributed by atoms with E-state index < -0.39 is 11.2 Å². The topological polar surface area (TPSA) is 66.6 Å². The SMILES string of the molecule is O=[N+]([O-])c1ccc2c(c1)C(O)N(Cc1cccs1)C(=S)S2. The van der Waals surface area contributed by atoms with E-state index in [0.29, 0.717) is 16.4 Å². The molecule has 2 heterocycles. The summed E-state index contributed by atoms with van der Waals surface area (Å²) in [5.41, 5.74) is 0.497. The molecule has 0 saturated carbocycles. The average molecular weight is 338 g/mol. The van der Waals surface area contributed by atoms with Crippen molar-refractivity contribution in [2.24, 2.45) is 0 Å². The monoisotopic (exact) mass is 338 g/mol. The van der Waals surface area contributed by atoms with Crippen LogP contribution in [0, 0.1) is 10.1 Å². The zero-order chi connectivity index (χ0) is 15.0. The first-order valence-corrected chi connectivity index (χ1v) is 8.14. The Hall–Kier alpha value is -1.48. The molecule has 0 fully saturated rings. The Balaban J connectivity index is 1.94. The van der Waals surface area contributed by atoms with Crippen LogP contribution in [0.4, 0.5) is 5.69 Å². The molecule has 1 aromatic heterocycles. The van der Waals surface area contributed by atoms with Crippen LogP contribution in [0.15, 0.2) is 40.6 Å². The van der Waals surface area contributed by atoms with E-state index in [0.717, 1.165) is 9.77 Å². The van der Waals surface area contributed by atoms with Gasteiger partial charge in [-0.05, 0) is 17.5 Å². The Morgan fingerprint density at radius 1 is 1.43 bits per heavy atom. The summed E-state index contributed by atoms with van der Waals surface area (Å²) in [6.07, 6.45) is -0.962. The summed E-state index contributed by atoms with van der Waals surface area (Å²) in [5, 5.41) is 23.3. The molecule has 108 valence electrons. The van der Waals surface area contributed by atoms with Crippen LogP contribution in [0.2, 0.25) is 0 Å². The van der Waals surface area contributed by atoms with Crippen molar-refractivity contribution in [2.45, 2.75) is 17.7 Å².